The van der Waals surface area contributed by atoms with E-state index < -0.39 is 0 Å². The van der Waals surface area contributed by atoms with Crippen molar-refractivity contribution in [2.45, 2.75) is 38.6 Å². The van der Waals surface area contributed by atoms with Gasteiger partial charge >= 0.3 is 0 Å². The van der Waals surface area contributed by atoms with Gasteiger partial charge in [0.25, 0.3) is 0 Å². The van der Waals surface area contributed by atoms with Crippen LogP contribution in [0.1, 0.15) is 32.8 Å². The SMILES string of the molecule is CC(CC(C)(C)c1ccccc1)Nc1cnc(Cl)c(Br)c1. The lowest BCUT2D eigenvalue weighted by molar-refractivity contribution is 0.450. The molecule has 0 aliphatic heterocycles. The van der Waals surface area contributed by atoms with Crippen LogP contribution in [0, 0.1) is 0 Å². The Kier molecular flexibility index (Phi) is 5.28. The van der Waals surface area contributed by atoms with Gasteiger partial charge in [-0.1, -0.05) is 55.8 Å². The van der Waals surface area contributed by atoms with Crippen LogP contribution in [-0.2, 0) is 5.41 Å². The van der Waals surface area contributed by atoms with Gasteiger partial charge in [-0.25, -0.2) is 4.98 Å². The van der Waals surface area contributed by atoms with Gasteiger partial charge in [-0.15, -0.1) is 0 Å². The van der Waals surface area contributed by atoms with Crippen LogP contribution < -0.4 is 5.32 Å². The van der Waals surface area contributed by atoms with Crippen LogP contribution in [0.25, 0.3) is 0 Å². The number of hydrogen-bond donors (Lipinski definition) is 1. The molecular formula is C17H20BrClN2. The van der Waals surface area contributed by atoms with Crippen LogP contribution in [0.3, 0.4) is 0 Å². The molecule has 1 heterocycles. The smallest absolute Gasteiger partial charge is 0.143 e. The number of nitrogens with one attached hydrogen (secondary N) is 1. The molecule has 1 aromatic heterocycles. The maximum absolute atomic E-state index is 5.92. The number of rotatable bonds is 5. The summed E-state index contributed by atoms with van der Waals surface area (Å²) in [6, 6.07) is 12.9. The summed E-state index contributed by atoms with van der Waals surface area (Å²) in [6.45, 7) is 6.74. The van der Waals surface area contributed by atoms with E-state index in [1.54, 1.807) is 6.20 Å². The first-order valence-corrected chi connectivity index (χ1v) is 8.19. The molecule has 0 spiro atoms. The molecule has 1 aromatic carbocycles. The van der Waals surface area contributed by atoms with Crippen molar-refractivity contribution >= 4 is 33.2 Å². The number of aromatic nitrogens is 1. The molecule has 4 heteroatoms. The van der Waals surface area contributed by atoms with Gasteiger partial charge in [-0.2, -0.15) is 0 Å². The monoisotopic (exact) mass is 366 g/mol. The number of pyridine rings is 1. The zero-order chi connectivity index (χ0) is 15.5. The van der Waals surface area contributed by atoms with Crippen molar-refractivity contribution in [2.24, 2.45) is 0 Å². The Hall–Kier alpha value is -1.06. The Morgan fingerprint density at radius 1 is 1.29 bits per heavy atom. The Balaban J connectivity index is 2.04. The van der Waals surface area contributed by atoms with Crippen molar-refractivity contribution in [1.29, 1.82) is 0 Å². The van der Waals surface area contributed by atoms with Gasteiger partial charge in [-0.3, -0.25) is 0 Å². The Bertz CT molecular complexity index is 599. The summed E-state index contributed by atoms with van der Waals surface area (Å²) in [5, 5.41) is 3.97. The number of nitrogens with zero attached hydrogens (tertiary/aromatic N) is 1. The molecule has 0 aliphatic carbocycles. The Morgan fingerprint density at radius 2 is 1.95 bits per heavy atom. The van der Waals surface area contributed by atoms with E-state index in [4.69, 9.17) is 11.6 Å². The predicted molar refractivity (Wildman–Crippen MR) is 94.1 cm³/mol. The van der Waals surface area contributed by atoms with Crippen molar-refractivity contribution in [3.05, 3.63) is 57.8 Å². The van der Waals surface area contributed by atoms with Gasteiger partial charge in [-0.05, 0) is 46.3 Å². The highest BCUT2D eigenvalue weighted by atomic mass is 79.9. The Morgan fingerprint density at radius 3 is 2.57 bits per heavy atom. The second-order valence-electron chi connectivity index (χ2n) is 6.00. The molecule has 0 saturated carbocycles. The average molecular weight is 368 g/mol. The Labute approximate surface area is 140 Å². The van der Waals surface area contributed by atoms with E-state index in [2.05, 4.69) is 77.3 Å². The van der Waals surface area contributed by atoms with Crippen molar-refractivity contribution in [1.82, 2.24) is 4.98 Å². The van der Waals surface area contributed by atoms with E-state index in [1.165, 1.54) is 5.56 Å². The van der Waals surface area contributed by atoms with E-state index in [-0.39, 0.29) is 5.41 Å². The van der Waals surface area contributed by atoms with Gasteiger partial charge in [0.2, 0.25) is 0 Å². The highest BCUT2D eigenvalue weighted by Gasteiger charge is 2.23. The second kappa shape index (κ2) is 6.80. The third-order valence-electron chi connectivity index (χ3n) is 3.58. The zero-order valence-corrected chi connectivity index (χ0v) is 14.9. The van der Waals surface area contributed by atoms with Crippen molar-refractivity contribution in [2.75, 3.05) is 5.32 Å². The molecule has 0 saturated heterocycles. The fraction of sp³-hybridized carbons (Fsp3) is 0.353. The summed E-state index contributed by atoms with van der Waals surface area (Å²) in [4.78, 5) is 4.14. The molecule has 21 heavy (non-hydrogen) atoms. The maximum Gasteiger partial charge on any atom is 0.143 e. The van der Waals surface area contributed by atoms with E-state index >= 15 is 0 Å². The molecule has 0 bridgehead atoms. The number of anilines is 1. The lowest BCUT2D eigenvalue weighted by Crippen LogP contribution is -2.27. The lowest BCUT2D eigenvalue weighted by Gasteiger charge is -2.29. The molecule has 0 amide bonds. The average Bonchev–Trinajstić information content (AvgIpc) is 2.43. The minimum absolute atomic E-state index is 0.116. The normalized spacial score (nSPS) is 13.0. The van der Waals surface area contributed by atoms with E-state index in [9.17, 15) is 0 Å². The number of hydrogen-bond acceptors (Lipinski definition) is 2. The van der Waals surface area contributed by atoms with Gasteiger partial charge in [0.05, 0.1) is 16.4 Å². The largest absolute Gasteiger partial charge is 0.381 e. The predicted octanol–water partition coefficient (Wildman–Crippen LogP) is 5.67. The number of benzene rings is 1. The molecule has 0 fully saturated rings. The fourth-order valence-electron chi connectivity index (χ4n) is 2.61. The summed E-state index contributed by atoms with van der Waals surface area (Å²) < 4.78 is 0.809. The van der Waals surface area contributed by atoms with Crippen LogP contribution in [0.4, 0.5) is 5.69 Å². The third-order valence-corrected chi connectivity index (χ3v) is 4.72. The summed E-state index contributed by atoms with van der Waals surface area (Å²) in [5.74, 6) is 0. The minimum Gasteiger partial charge on any atom is -0.381 e. The first kappa shape index (κ1) is 16.3. The topological polar surface area (TPSA) is 24.9 Å². The zero-order valence-electron chi connectivity index (χ0n) is 12.5. The second-order valence-corrected chi connectivity index (χ2v) is 7.21. The van der Waals surface area contributed by atoms with Gasteiger partial charge in [0.15, 0.2) is 0 Å². The minimum atomic E-state index is 0.116. The first-order valence-electron chi connectivity index (χ1n) is 7.01. The summed E-state index contributed by atoms with van der Waals surface area (Å²) in [7, 11) is 0. The van der Waals surface area contributed by atoms with Gasteiger partial charge < -0.3 is 5.32 Å². The molecule has 112 valence electrons. The van der Waals surface area contributed by atoms with E-state index in [0.717, 1.165) is 16.6 Å². The van der Waals surface area contributed by atoms with Crippen LogP contribution in [0.15, 0.2) is 47.1 Å². The molecule has 1 unspecified atom stereocenters. The molecule has 0 radical (unpaired) electrons. The third kappa shape index (κ3) is 4.45. The van der Waals surface area contributed by atoms with E-state index in [0.29, 0.717) is 11.2 Å². The van der Waals surface area contributed by atoms with Gasteiger partial charge in [0, 0.05) is 6.04 Å². The molecule has 1 atom stereocenters. The quantitative estimate of drug-likeness (QED) is 0.689. The van der Waals surface area contributed by atoms with Crippen LogP contribution in [0.2, 0.25) is 5.15 Å². The standard InChI is InChI=1S/C17H20BrClN2/c1-12(21-14-9-15(18)16(19)20-11-14)10-17(2,3)13-7-5-4-6-8-13/h4-9,11-12,21H,10H2,1-3H3. The van der Waals surface area contributed by atoms with Crippen LogP contribution >= 0.6 is 27.5 Å². The van der Waals surface area contributed by atoms with Crippen LogP contribution in [0.5, 0.6) is 0 Å². The highest BCUT2D eigenvalue weighted by Crippen LogP contribution is 2.30. The summed E-state index contributed by atoms with van der Waals surface area (Å²) in [6.07, 6.45) is 2.79. The molecular weight excluding hydrogens is 348 g/mol. The fourth-order valence-corrected chi connectivity index (χ4v) is 3.06. The maximum atomic E-state index is 5.92. The molecule has 1 N–H and O–H groups in total. The molecule has 2 rings (SSSR count). The van der Waals surface area contributed by atoms with Crippen LogP contribution in [-0.4, -0.2) is 11.0 Å². The molecule has 2 aromatic rings. The number of halogens is 2. The van der Waals surface area contributed by atoms with E-state index in [1.807, 2.05) is 6.07 Å². The highest BCUT2D eigenvalue weighted by molar-refractivity contribution is 9.10. The van der Waals surface area contributed by atoms with Gasteiger partial charge in [0.1, 0.15) is 5.15 Å². The van der Waals surface area contributed by atoms with Crippen molar-refractivity contribution in [3.8, 4) is 0 Å². The summed E-state index contributed by atoms with van der Waals surface area (Å²) in [5.41, 5.74) is 2.45. The molecule has 2 nitrogen and oxygen atoms in total. The van der Waals surface area contributed by atoms with Crippen molar-refractivity contribution < 1.29 is 0 Å². The first-order chi connectivity index (χ1) is 9.88. The molecule has 0 aliphatic rings. The lowest BCUT2D eigenvalue weighted by atomic mass is 9.79. The van der Waals surface area contributed by atoms with Crippen molar-refractivity contribution in [3.63, 3.8) is 0 Å². The summed E-state index contributed by atoms with van der Waals surface area (Å²) >= 11 is 9.32.